The summed E-state index contributed by atoms with van der Waals surface area (Å²) in [7, 11) is 0. The van der Waals surface area contributed by atoms with Crippen LogP contribution in [-0.2, 0) is 9.59 Å². The summed E-state index contributed by atoms with van der Waals surface area (Å²) in [6, 6.07) is 3.24. The molecular weight excluding hydrogens is 282 g/mol. The zero-order valence-corrected chi connectivity index (χ0v) is 11.8. The van der Waals surface area contributed by atoms with Gasteiger partial charge in [0.25, 0.3) is 0 Å². The van der Waals surface area contributed by atoms with Crippen LogP contribution in [0, 0.1) is 17.6 Å². The maximum absolute atomic E-state index is 13.3. The van der Waals surface area contributed by atoms with Crippen LogP contribution in [0.3, 0.4) is 0 Å². The van der Waals surface area contributed by atoms with Crippen molar-refractivity contribution in [2.24, 2.45) is 5.92 Å². The first-order chi connectivity index (χ1) is 9.81. The van der Waals surface area contributed by atoms with Gasteiger partial charge in [-0.2, -0.15) is 0 Å². The molecule has 1 aromatic rings. The SMILES string of the molecule is CC(C)CC(O)CNC(=O)C(=O)Nc1cccc(F)c1F. The zero-order valence-electron chi connectivity index (χ0n) is 11.8. The molecule has 3 N–H and O–H groups in total. The Morgan fingerprint density at radius 2 is 1.90 bits per heavy atom. The molecule has 0 aliphatic carbocycles. The highest BCUT2D eigenvalue weighted by Crippen LogP contribution is 2.16. The smallest absolute Gasteiger partial charge is 0.313 e. The Kier molecular flexibility index (Phi) is 6.23. The number of carbonyl (C=O) groups is 2. The third kappa shape index (κ3) is 5.47. The molecule has 0 aliphatic rings. The van der Waals surface area contributed by atoms with Gasteiger partial charge in [0.05, 0.1) is 11.8 Å². The van der Waals surface area contributed by atoms with E-state index in [0.717, 1.165) is 12.1 Å². The van der Waals surface area contributed by atoms with Gasteiger partial charge in [0.15, 0.2) is 11.6 Å². The van der Waals surface area contributed by atoms with Crippen LogP contribution < -0.4 is 10.6 Å². The molecule has 1 aromatic carbocycles. The third-order valence-corrected chi connectivity index (χ3v) is 2.65. The van der Waals surface area contributed by atoms with Crippen molar-refractivity contribution in [1.29, 1.82) is 0 Å². The average Bonchev–Trinajstić information content (AvgIpc) is 2.40. The standard InChI is InChI=1S/C14H18F2N2O3/c1-8(2)6-9(19)7-17-13(20)14(21)18-11-5-3-4-10(15)12(11)16/h3-5,8-9,19H,6-7H2,1-2H3,(H,17,20)(H,18,21). The predicted molar refractivity (Wildman–Crippen MR) is 73.5 cm³/mol. The Labute approximate surface area is 121 Å². The summed E-state index contributed by atoms with van der Waals surface area (Å²) in [5.74, 6) is -4.27. The molecule has 0 saturated heterocycles. The van der Waals surface area contributed by atoms with Crippen LogP contribution in [0.15, 0.2) is 18.2 Å². The summed E-state index contributed by atoms with van der Waals surface area (Å²) in [6.45, 7) is 3.73. The van der Waals surface area contributed by atoms with E-state index in [1.165, 1.54) is 6.07 Å². The number of halogens is 2. The summed E-state index contributed by atoms with van der Waals surface area (Å²) >= 11 is 0. The Morgan fingerprint density at radius 3 is 2.52 bits per heavy atom. The minimum absolute atomic E-state index is 0.0872. The van der Waals surface area contributed by atoms with Crippen LogP contribution >= 0.6 is 0 Å². The van der Waals surface area contributed by atoms with E-state index in [9.17, 15) is 23.5 Å². The molecule has 0 aliphatic heterocycles. The van der Waals surface area contributed by atoms with Gasteiger partial charge in [0, 0.05) is 6.54 Å². The predicted octanol–water partition coefficient (Wildman–Crippen LogP) is 1.43. The molecule has 1 rings (SSSR count). The highest BCUT2D eigenvalue weighted by Gasteiger charge is 2.18. The summed E-state index contributed by atoms with van der Waals surface area (Å²) in [6.07, 6.45) is -0.298. The molecule has 0 spiro atoms. The fraction of sp³-hybridized carbons (Fsp3) is 0.429. The van der Waals surface area contributed by atoms with Gasteiger partial charge in [-0.25, -0.2) is 8.78 Å². The summed E-state index contributed by atoms with van der Waals surface area (Å²) < 4.78 is 26.3. The Bertz CT molecular complexity index is 521. The first-order valence-corrected chi connectivity index (χ1v) is 6.52. The van der Waals surface area contributed by atoms with E-state index in [4.69, 9.17) is 0 Å². The molecule has 116 valence electrons. The summed E-state index contributed by atoms with van der Waals surface area (Å²) in [5.41, 5.74) is -0.419. The molecule has 7 heteroatoms. The second kappa shape index (κ2) is 7.68. The molecular formula is C14H18F2N2O3. The van der Waals surface area contributed by atoms with Gasteiger partial charge in [-0.1, -0.05) is 19.9 Å². The number of aliphatic hydroxyl groups excluding tert-OH is 1. The Morgan fingerprint density at radius 1 is 1.24 bits per heavy atom. The number of rotatable bonds is 5. The minimum Gasteiger partial charge on any atom is -0.391 e. The minimum atomic E-state index is -1.24. The van der Waals surface area contributed by atoms with Crippen molar-refractivity contribution in [3.05, 3.63) is 29.8 Å². The van der Waals surface area contributed by atoms with Gasteiger partial charge in [-0.15, -0.1) is 0 Å². The van der Waals surface area contributed by atoms with Crippen LogP contribution in [-0.4, -0.2) is 29.6 Å². The number of hydrogen-bond acceptors (Lipinski definition) is 3. The van der Waals surface area contributed by atoms with Gasteiger partial charge in [0.2, 0.25) is 0 Å². The normalized spacial score (nSPS) is 12.1. The van der Waals surface area contributed by atoms with Crippen molar-refractivity contribution in [3.63, 3.8) is 0 Å². The molecule has 5 nitrogen and oxygen atoms in total. The van der Waals surface area contributed by atoms with E-state index in [2.05, 4.69) is 5.32 Å². The van der Waals surface area contributed by atoms with Crippen LogP contribution in [0.5, 0.6) is 0 Å². The zero-order chi connectivity index (χ0) is 16.0. The molecule has 1 atom stereocenters. The van der Waals surface area contributed by atoms with E-state index >= 15 is 0 Å². The van der Waals surface area contributed by atoms with Crippen LogP contribution in [0.2, 0.25) is 0 Å². The molecule has 1 unspecified atom stereocenters. The number of benzene rings is 1. The first kappa shape index (κ1) is 17.0. The largest absolute Gasteiger partial charge is 0.391 e. The lowest BCUT2D eigenvalue weighted by Crippen LogP contribution is -2.40. The number of aliphatic hydroxyl groups is 1. The number of amides is 2. The highest BCUT2D eigenvalue weighted by molar-refractivity contribution is 6.39. The molecule has 2 amide bonds. The van der Waals surface area contributed by atoms with Crippen LogP contribution in [0.25, 0.3) is 0 Å². The molecule has 0 saturated carbocycles. The number of anilines is 1. The van der Waals surface area contributed by atoms with E-state index in [1.54, 1.807) is 0 Å². The van der Waals surface area contributed by atoms with Crippen molar-refractivity contribution in [3.8, 4) is 0 Å². The number of carbonyl (C=O) groups excluding carboxylic acids is 2. The second-order valence-corrected chi connectivity index (χ2v) is 5.05. The van der Waals surface area contributed by atoms with Gasteiger partial charge in [-0.05, 0) is 24.5 Å². The fourth-order valence-electron chi connectivity index (χ4n) is 1.70. The topological polar surface area (TPSA) is 78.4 Å². The van der Waals surface area contributed by atoms with Gasteiger partial charge < -0.3 is 15.7 Å². The molecule has 0 radical (unpaired) electrons. The quantitative estimate of drug-likeness (QED) is 0.720. The second-order valence-electron chi connectivity index (χ2n) is 5.05. The van der Waals surface area contributed by atoms with Crippen molar-refractivity contribution in [1.82, 2.24) is 5.32 Å². The maximum Gasteiger partial charge on any atom is 0.313 e. The van der Waals surface area contributed by atoms with Crippen molar-refractivity contribution in [2.75, 3.05) is 11.9 Å². The molecule has 0 heterocycles. The van der Waals surface area contributed by atoms with Crippen molar-refractivity contribution in [2.45, 2.75) is 26.4 Å². The van der Waals surface area contributed by atoms with E-state index in [-0.39, 0.29) is 12.5 Å². The molecule has 0 bridgehead atoms. The van der Waals surface area contributed by atoms with Gasteiger partial charge in [0.1, 0.15) is 0 Å². The first-order valence-electron chi connectivity index (χ1n) is 6.52. The number of hydrogen-bond donors (Lipinski definition) is 3. The Hall–Kier alpha value is -2.02. The average molecular weight is 300 g/mol. The van der Waals surface area contributed by atoms with Crippen molar-refractivity contribution >= 4 is 17.5 Å². The summed E-state index contributed by atoms with van der Waals surface area (Å²) in [5, 5.41) is 13.8. The van der Waals surface area contributed by atoms with Crippen molar-refractivity contribution < 1.29 is 23.5 Å². The monoisotopic (exact) mass is 300 g/mol. The van der Waals surface area contributed by atoms with Crippen LogP contribution in [0.4, 0.5) is 14.5 Å². The molecule has 21 heavy (non-hydrogen) atoms. The maximum atomic E-state index is 13.3. The lowest BCUT2D eigenvalue weighted by Gasteiger charge is -2.13. The lowest BCUT2D eigenvalue weighted by molar-refractivity contribution is -0.136. The van der Waals surface area contributed by atoms with Gasteiger partial charge in [-0.3, -0.25) is 9.59 Å². The Balaban J connectivity index is 2.52. The summed E-state index contributed by atoms with van der Waals surface area (Å²) in [4.78, 5) is 23.0. The van der Waals surface area contributed by atoms with Gasteiger partial charge >= 0.3 is 11.8 Å². The molecule has 0 fully saturated rings. The van der Waals surface area contributed by atoms with E-state index in [0.29, 0.717) is 6.42 Å². The fourth-order valence-corrected chi connectivity index (χ4v) is 1.70. The van der Waals surface area contributed by atoms with E-state index in [1.807, 2.05) is 19.2 Å². The highest BCUT2D eigenvalue weighted by atomic mass is 19.2. The number of nitrogens with one attached hydrogen (secondary N) is 2. The van der Waals surface area contributed by atoms with E-state index < -0.39 is 35.2 Å². The third-order valence-electron chi connectivity index (χ3n) is 2.65. The molecule has 0 aromatic heterocycles. The lowest BCUT2D eigenvalue weighted by atomic mass is 10.1. The van der Waals surface area contributed by atoms with Crippen LogP contribution in [0.1, 0.15) is 20.3 Å².